The predicted octanol–water partition coefficient (Wildman–Crippen LogP) is 4.83. The molecule has 1 aliphatic heterocycles. The molecule has 0 amide bonds. The van der Waals surface area contributed by atoms with E-state index in [9.17, 15) is 30.8 Å². The molecule has 0 N–H and O–H groups in total. The van der Waals surface area contributed by atoms with Crippen LogP contribution in [0, 0.1) is 5.82 Å². The molecule has 0 radical (unpaired) electrons. The second kappa shape index (κ2) is 7.32. The Kier molecular flexibility index (Phi) is 5.37. The Morgan fingerprint density at radius 2 is 1.71 bits per heavy atom. The van der Waals surface area contributed by atoms with Crippen LogP contribution < -0.4 is 0 Å². The average molecular weight is 478 g/mol. The molecule has 2 aromatic rings. The number of sulfonamides is 1. The number of ketones is 1. The van der Waals surface area contributed by atoms with Gasteiger partial charge in [-0.1, -0.05) is 12.1 Å². The number of halogens is 5. The summed E-state index contributed by atoms with van der Waals surface area (Å²) in [6.45, 7) is 0. The summed E-state index contributed by atoms with van der Waals surface area (Å²) in [5.74, 6) is -0.994. The van der Waals surface area contributed by atoms with Crippen LogP contribution in [0.4, 0.5) is 17.6 Å². The van der Waals surface area contributed by atoms with Crippen molar-refractivity contribution in [3.8, 4) is 0 Å². The smallest absolute Gasteiger partial charge is 0.295 e. The second-order valence-corrected chi connectivity index (χ2v) is 8.64. The number of nitrogens with zero attached hydrogens (tertiary/aromatic N) is 1. The van der Waals surface area contributed by atoms with Crippen molar-refractivity contribution in [3.63, 3.8) is 0 Å². The lowest BCUT2D eigenvalue weighted by molar-refractivity contribution is -0.137. The minimum absolute atomic E-state index is 0.00993. The largest absolute Gasteiger partial charge is 0.416 e. The molecule has 0 aromatic heterocycles. The van der Waals surface area contributed by atoms with E-state index >= 15 is 0 Å². The lowest BCUT2D eigenvalue weighted by Crippen LogP contribution is -2.34. The van der Waals surface area contributed by atoms with Crippen molar-refractivity contribution >= 4 is 31.7 Å². The van der Waals surface area contributed by atoms with Crippen LogP contribution >= 0.6 is 15.9 Å². The minimum Gasteiger partial charge on any atom is -0.295 e. The molecule has 2 aromatic carbocycles. The minimum atomic E-state index is -4.60. The molecule has 10 heteroatoms. The highest BCUT2D eigenvalue weighted by molar-refractivity contribution is 9.10. The summed E-state index contributed by atoms with van der Waals surface area (Å²) in [6, 6.07) is 6.00. The van der Waals surface area contributed by atoms with Crippen molar-refractivity contribution in [2.75, 3.05) is 0 Å². The first-order valence-electron chi connectivity index (χ1n) is 7.87. The van der Waals surface area contributed by atoms with Crippen LogP contribution in [0.5, 0.6) is 0 Å². The molecule has 0 bridgehead atoms. The van der Waals surface area contributed by atoms with Crippen molar-refractivity contribution in [1.82, 2.24) is 4.31 Å². The monoisotopic (exact) mass is 477 g/mol. The molecule has 1 unspecified atom stereocenters. The Hall–Kier alpha value is -2.20. The third-order valence-electron chi connectivity index (χ3n) is 4.21. The standard InChI is InChI=1S/C18H12BrF4NO3S/c19-17-14(2-1-3-15(17)20)16-10-12(25)8-9-24(16)28(26,27)13-6-4-11(5-7-13)18(21,22)23/h1-9,16H,10H2. The van der Waals surface area contributed by atoms with Gasteiger partial charge < -0.3 is 0 Å². The number of allylic oxidation sites excluding steroid dienone is 1. The fourth-order valence-corrected chi connectivity index (χ4v) is 4.82. The molecule has 1 aliphatic rings. The van der Waals surface area contributed by atoms with E-state index in [0.717, 1.165) is 28.7 Å². The van der Waals surface area contributed by atoms with Gasteiger partial charge in [-0.2, -0.15) is 13.2 Å². The van der Waals surface area contributed by atoms with Crippen molar-refractivity contribution in [2.45, 2.75) is 23.5 Å². The summed E-state index contributed by atoms with van der Waals surface area (Å²) in [6.07, 6.45) is -2.74. The van der Waals surface area contributed by atoms with Crippen molar-refractivity contribution in [2.24, 2.45) is 0 Å². The molecule has 1 atom stereocenters. The molecular formula is C18H12BrF4NO3S. The van der Waals surface area contributed by atoms with Gasteiger partial charge in [0, 0.05) is 12.6 Å². The number of carbonyl (C=O) groups is 1. The number of benzene rings is 2. The first-order valence-corrected chi connectivity index (χ1v) is 10.1. The number of carbonyl (C=O) groups excluding carboxylic acids is 1. The second-order valence-electron chi connectivity index (χ2n) is 6.00. The normalized spacial score (nSPS) is 17.8. The number of hydrogen-bond donors (Lipinski definition) is 0. The van der Waals surface area contributed by atoms with Gasteiger partial charge in [0.1, 0.15) is 5.82 Å². The molecule has 28 heavy (non-hydrogen) atoms. The maximum Gasteiger partial charge on any atom is 0.416 e. The Balaban J connectivity index is 2.06. The fraction of sp³-hybridized carbons (Fsp3) is 0.167. The van der Waals surface area contributed by atoms with E-state index in [-0.39, 0.29) is 27.1 Å². The zero-order valence-electron chi connectivity index (χ0n) is 14.0. The molecule has 1 heterocycles. The van der Waals surface area contributed by atoms with Gasteiger partial charge in [0.15, 0.2) is 5.78 Å². The van der Waals surface area contributed by atoms with Gasteiger partial charge in [0.05, 0.1) is 21.0 Å². The Morgan fingerprint density at radius 3 is 2.32 bits per heavy atom. The van der Waals surface area contributed by atoms with Gasteiger partial charge >= 0.3 is 6.18 Å². The summed E-state index contributed by atoms with van der Waals surface area (Å²) in [4.78, 5) is 11.5. The first-order chi connectivity index (χ1) is 13.0. The van der Waals surface area contributed by atoms with Gasteiger partial charge in [-0.3, -0.25) is 9.10 Å². The van der Waals surface area contributed by atoms with Crippen LogP contribution in [0.3, 0.4) is 0 Å². The molecule has 0 fully saturated rings. The third kappa shape index (κ3) is 3.83. The maximum atomic E-state index is 13.9. The molecule has 0 saturated heterocycles. The van der Waals surface area contributed by atoms with Crippen LogP contribution in [0.15, 0.2) is 64.1 Å². The topological polar surface area (TPSA) is 54.5 Å². The first kappa shape index (κ1) is 20.5. The zero-order chi connectivity index (χ0) is 20.7. The van der Waals surface area contributed by atoms with Crippen LogP contribution in [0.2, 0.25) is 0 Å². The molecule has 3 rings (SSSR count). The quantitative estimate of drug-likeness (QED) is 0.595. The van der Waals surface area contributed by atoms with Crippen LogP contribution in [-0.4, -0.2) is 18.5 Å². The number of rotatable bonds is 3. The summed E-state index contributed by atoms with van der Waals surface area (Å²) in [5, 5.41) is 0. The predicted molar refractivity (Wildman–Crippen MR) is 96.1 cm³/mol. The Bertz CT molecular complexity index is 1050. The fourth-order valence-electron chi connectivity index (χ4n) is 2.82. The molecule has 0 aliphatic carbocycles. The maximum absolute atomic E-state index is 13.9. The third-order valence-corrected chi connectivity index (χ3v) is 6.84. The highest BCUT2D eigenvalue weighted by Crippen LogP contribution is 2.38. The van der Waals surface area contributed by atoms with Crippen molar-refractivity contribution in [1.29, 1.82) is 0 Å². The van der Waals surface area contributed by atoms with Gasteiger partial charge in [-0.05, 0) is 57.9 Å². The summed E-state index contributed by atoms with van der Waals surface area (Å²) < 4.78 is 79.0. The highest BCUT2D eigenvalue weighted by atomic mass is 79.9. The van der Waals surface area contributed by atoms with E-state index in [0.29, 0.717) is 12.1 Å². The van der Waals surface area contributed by atoms with Crippen molar-refractivity contribution in [3.05, 3.63) is 76.2 Å². The van der Waals surface area contributed by atoms with Gasteiger partial charge in [0.25, 0.3) is 10.0 Å². The molecule has 4 nitrogen and oxygen atoms in total. The van der Waals surface area contributed by atoms with Crippen LogP contribution in [0.1, 0.15) is 23.6 Å². The lowest BCUT2D eigenvalue weighted by atomic mass is 9.99. The number of alkyl halides is 3. The summed E-state index contributed by atoms with van der Waals surface area (Å²) >= 11 is 3.06. The molecule has 148 valence electrons. The Morgan fingerprint density at radius 1 is 1.07 bits per heavy atom. The van der Waals surface area contributed by atoms with E-state index in [4.69, 9.17) is 0 Å². The zero-order valence-corrected chi connectivity index (χ0v) is 16.4. The molecule has 0 saturated carbocycles. The van der Waals surface area contributed by atoms with Crippen molar-refractivity contribution < 1.29 is 30.8 Å². The van der Waals surface area contributed by atoms with E-state index in [2.05, 4.69) is 15.9 Å². The van der Waals surface area contributed by atoms with E-state index in [1.165, 1.54) is 18.2 Å². The Labute approximate surface area is 166 Å². The van der Waals surface area contributed by atoms with E-state index in [1.807, 2.05) is 0 Å². The summed E-state index contributed by atoms with van der Waals surface area (Å²) in [7, 11) is -4.29. The van der Waals surface area contributed by atoms with Gasteiger partial charge in [0.2, 0.25) is 0 Å². The molecular weight excluding hydrogens is 466 g/mol. The average Bonchev–Trinajstić information content (AvgIpc) is 2.63. The lowest BCUT2D eigenvalue weighted by Gasteiger charge is -2.32. The van der Waals surface area contributed by atoms with Crippen LogP contribution in [-0.2, 0) is 21.0 Å². The number of hydrogen-bond acceptors (Lipinski definition) is 3. The van der Waals surface area contributed by atoms with Gasteiger partial charge in [-0.15, -0.1) is 0 Å². The van der Waals surface area contributed by atoms with Gasteiger partial charge in [-0.25, -0.2) is 12.8 Å². The van der Waals surface area contributed by atoms with Crippen LogP contribution in [0.25, 0.3) is 0 Å². The SMILES string of the molecule is O=C1C=CN(S(=O)(=O)c2ccc(C(F)(F)F)cc2)C(c2cccc(F)c2Br)C1. The molecule has 0 spiro atoms. The van der Waals surface area contributed by atoms with E-state index < -0.39 is 33.6 Å². The highest BCUT2D eigenvalue weighted by Gasteiger charge is 2.36. The van der Waals surface area contributed by atoms with E-state index in [1.54, 1.807) is 0 Å². The summed E-state index contributed by atoms with van der Waals surface area (Å²) in [5.41, 5.74) is -0.756.